The van der Waals surface area contributed by atoms with Crippen molar-refractivity contribution in [3.05, 3.63) is 49.5 Å². The van der Waals surface area contributed by atoms with Crippen LogP contribution in [0.4, 0.5) is 17.1 Å². The van der Waals surface area contributed by atoms with E-state index in [4.69, 9.17) is 28.9 Å². The van der Waals surface area contributed by atoms with Crippen molar-refractivity contribution < 1.29 is 0 Å². The molecule has 2 aromatic rings. The number of nitrogens with two attached hydrogens (primary N) is 1. The molecule has 0 unspecified atom stereocenters. The van der Waals surface area contributed by atoms with Crippen molar-refractivity contribution in [1.82, 2.24) is 0 Å². The van der Waals surface area contributed by atoms with E-state index in [9.17, 15) is 0 Å². The minimum Gasteiger partial charge on any atom is -0.398 e. The van der Waals surface area contributed by atoms with E-state index in [1.807, 2.05) is 37.3 Å². The van der Waals surface area contributed by atoms with Crippen LogP contribution in [0, 0.1) is 10.5 Å². The first-order chi connectivity index (χ1) is 8.47. The van der Waals surface area contributed by atoms with Crippen LogP contribution in [0.3, 0.4) is 0 Å². The van der Waals surface area contributed by atoms with Crippen LogP contribution in [0.5, 0.6) is 0 Å². The molecule has 2 rings (SSSR count). The molecule has 0 aromatic heterocycles. The fourth-order valence-corrected chi connectivity index (χ4v) is 2.40. The van der Waals surface area contributed by atoms with Crippen LogP contribution in [0.2, 0.25) is 10.0 Å². The lowest BCUT2D eigenvalue weighted by atomic mass is 10.1. The molecule has 0 heterocycles. The summed E-state index contributed by atoms with van der Waals surface area (Å²) in [5, 5.41) is 4.47. The van der Waals surface area contributed by atoms with E-state index >= 15 is 0 Å². The van der Waals surface area contributed by atoms with Gasteiger partial charge < -0.3 is 11.1 Å². The number of halogens is 3. The Hall–Kier alpha value is -0.650. The highest BCUT2D eigenvalue weighted by Crippen LogP contribution is 2.32. The van der Waals surface area contributed by atoms with E-state index in [1.165, 1.54) is 0 Å². The average molecular weight is 393 g/mol. The van der Waals surface area contributed by atoms with Gasteiger partial charge in [-0.05, 0) is 65.4 Å². The Morgan fingerprint density at radius 1 is 1.06 bits per heavy atom. The molecule has 0 aliphatic carbocycles. The van der Waals surface area contributed by atoms with Crippen LogP contribution in [0.15, 0.2) is 30.3 Å². The molecular formula is C13H11Cl2IN2. The van der Waals surface area contributed by atoms with Crippen LogP contribution >= 0.6 is 45.8 Å². The highest BCUT2D eigenvalue weighted by Gasteiger charge is 2.06. The first kappa shape index (κ1) is 13.8. The summed E-state index contributed by atoms with van der Waals surface area (Å²) in [7, 11) is 0. The SMILES string of the molecule is Cc1cc(N)c(Cl)cc1Nc1cc(I)ccc1Cl. The van der Waals surface area contributed by atoms with Gasteiger partial charge in [-0.3, -0.25) is 0 Å². The number of hydrogen-bond acceptors (Lipinski definition) is 2. The zero-order valence-electron chi connectivity index (χ0n) is 9.60. The number of hydrogen-bond donors (Lipinski definition) is 2. The highest BCUT2D eigenvalue weighted by molar-refractivity contribution is 14.1. The molecule has 0 fully saturated rings. The van der Waals surface area contributed by atoms with E-state index in [2.05, 4.69) is 27.9 Å². The molecule has 0 amide bonds. The van der Waals surface area contributed by atoms with Crippen molar-refractivity contribution in [3.63, 3.8) is 0 Å². The van der Waals surface area contributed by atoms with Gasteiger partial charge in [0.15, 0.2) is 0 Å². The Labute approximate surface area is 130 Å². The van der Waals surface area contributed by atoms with Gasteiger partial charge in [0.1, 0.15) is 0 Å². The molecule has 0 spiro atoms. The van der Waals surface area contributed by atoms with Gasteiger partial charge in [0.2, 0.25) is 0 Å². The summed E-state index contributed by atoms with van der Waals surface area (Å²) >= 11 is 14.4. The summed E-state index contributed by atoms with van der Waals surface area (Å²) in [5.74, 6) is 0. The number of nitrogen functional groups attached to an aromatic ring is 1. The maximum absolute atomic E-state index is 6.15. The number of nitrogens with one attached hydrogen (secondary N) is 1. The van der Waals surface area contributed by atoms with Crippen LogP contribution < -0.4 is 11.1 Å². The van der Waals surface area contributed by atoms with Gasteiger partial charge in [0.05, 0.1) is 21.4 Å². The minimum atomic E-state index is 0.532. The molecule has 0 aliphatic rings. The van der Waals surface area contributed by atoms with Gasteiger partial charge in [-0.1, -0.05) is 23.2 Å². The third-order valence-electron chi connectivity index (χ3n) is 2.54. The van der Waals surface area contributed by atoms with Crippen molar-refractivity contribution in [1.29, 1.82) is 0 Å². The molecule has 0 bridgehead atoms. The molecule has 18 heavy (non-hydrogen) atoms. The van der Waals surface area contributed by atoms with E-state index in [-0.39, 0.29) is 0 Å². The molecule has 0 radical (unpaired) electrons. The molecular weight excluding hydrogens is 382 g/mol. The fraction of sp³-hybridized carbons (Fsp3) is 0.0769. The van der Waals surface area contributed by atoms with E-state index in [0.717, 1.165) is 20.5 Å². The zero-order valence-corrected chi connectivity index (χ0v) is 13.3. The van der Waals surface area contributed by atoms with Crippen molar-refractivity contribution in [3.8, 4) is 0 Å². The van der Waals surface area contributed by atoms with Gasteiger partial charge in [-0.2, -0.15) is 0 Å². The summed E-state index contributed by atoms with van der Waals surface area (Å²) in [4.78, 5) is 0. The Bertz CT molecular complexity index is 600. The quantitative estimate of drug-likeness (QED) is 0.542. The van der Waals surface area contributed by atoms with Gasteiger partial charge in [0, 0.05) is 9.26 Å². The largest absolute Gasteiger partial charge is 0.398 e. The predicted molar refractivity (Wildman–Crippen MR) is 88.1 cm³/mol. The van der Waals surface area contributed by atoms with Crippen molar-refractivity contribution >= 4 is 62.9 Å². The van der Waals surface area contributed by atoms with Crippen LogP contribution in [-0.2, 0) is 0 Å². The molecule has 0 saturated carbocycles. The van der Waals surface area contributed by atoms with E-state index in [0.29, 0.717) is 15.7 Å². The molecule has 5 heteroatoms. The topological polar surface area (TPSA) is 38.0 Å². The fourth-order valence-electron chi connectivity index (χ4n) is 1.58. The maximum Gasteiger partial charge on any atom is 0.0656 e. The van der Waals surface area contributed by atoms with Crippen molar-refractivity contribution in [2.24, 2.45) is 0 Å². The Morgan fingerprint density at radius 3 is 2.50 bits per heavy atom. The number of rotatable bonds is 2. The van der Waals surface area contributed by atoms with Crippen LogP contribution in [0.25, 0.3) is 0 Å². The predicted octanol–water partition coefficient (Wildman–Crippen LogP) is 5.23. The third kappa shape index (κ3) is 3.02. The smallest absolute Gasteiger partial charge is 0.0656 e. The summed E-state index contributed by atoms with van der Waals surface area (Å²) < 4.78 is 1.11. The lowest BCUT2D eigenvalue weighted by molar-refractivity contribution is 1.43. The van der Waals surface area contributed by atoms with Crippen LogP contribution in [-0.4, -0.2) is 0 Å². The Balaban J connectivity index is 2.40. The monoisotopic (exact) mass is 392 g/mol. The first-order valence-electron chi connectivity index (χ1n) is 5.25. The maximum atomic E-state index is 6.15. The van der Waals surface area contributed by atoms with E-state index in [1.54, 1.807) is 0 Å². The van der Waals surface area contributed by atoms with Gasteiger partial charge in [0.25, 0.3) is 0 Å². The standard InChI is InChI=1S/C13H11Cl2IN2/c1-7-4-11(17)10(15)6-12(7)18-13-5-8(16)2-3-9(13)14/h2-6,18H,17H2,1H3. The summed E-state index contributed by atoms with van der Waals surface area (Å²) in [5.41, 5.74) is 9.10. The molecule has 2 aromatic carbocycles. The van der Waals surface area contributed by atoms with Crippen molar-refractivity contribution in [2.75, 3.05) is 11.1 Å². The second kappa shape index (κ2) is 5.55. The molecule has 0 atom stereocenters. The summed E-state index contributed by atoms with van der Waals surface area (Å²) in [6, 6.07) is 9.44. The van der Waals surface area contributed by atoms with E-state index < -0.39 is 0 Å². The Morgan fingerprint density at radius 2 is 1.78 bits per heavy atom. The average Bonchev–Trinajstić information content (AvgIpc) is 2.30. The molecule has 0 aliphatic heterocycles. The second-order valence-corrected chi connectivity index (χ2v) is 6.00. The third-order valence-corrected chi connectivity index (χ3v) is 3.87. The van der Waals surface area contributed by atoms with Crippen LogP contribution in [0.1, 0.15) is 5.56 Å². The second-order valence-electron chi connectivity index (χ2n) is 3.94. The first-order valence-corrected chi connectivity index (χ1v) is 7.08. The lowest BCUT2D eigenvalue weighted by Crippen LogP contribution is -1.96. The van der Waals surface area contributed by atoms with Crippen molar-refractivity contribution in [2.45, 2.75) is 6.92 Å². The summed E-state index contributed by atoms with van der Waals surface area (Å²) in [6.07, 6.45) is 0. The Kier molecular flexibility index (Phi) is 4.25. The van der Waals surface area contributed by atoms with Gasteiger partial charge in [-0.25, -0.2) is 0 Å². The minimum absolute atomic E-state index is 0.532. The number of benzene rings is 2. The van der Waals surface area contributed by atoms with Gasteiger partial charge >= 0.3 is 0 Å². The summed E-state index contributed by atoms with van der Waals surface area (Å²) in [6.45, 7) is 1.97. The molecule has 94 valence electrons. The lowest BCUT2D eigenvalue weighted by Gasteiger charge is -2.13. The molecule has 0 saturated heterocycles. The molecule has 2 nitrogen and oxygen atoms in total. The number of anilines is 3. The normalized spacial score (nSPS) is 10.4. The molecule has 3 N–H and O–H groups in total. The zero-order chi connectivity index (χ0) is 13.3. The van der Waals surface area contributed by atoms with Gasteiger partial charge in [-0.15, -0.1) is 0 Å². The number of aryl methyl sites for hydroxylation is 1. The highest BCUT2D eigenvalue weighted by atomic mass is 127.